The van der Waals surface area contributed by atoms with Crippen LogP contribution in [0.15, 0.2) is 23.2 Å². The highest BCUT2D eigenvalue weighted by atomic mass is 16.7. The van der Waals surface area contributed by atoms with Crippen LogP contribution >= 0.6 is 0 Å². The topological polar surface area (TPSA) is 98.1 Å². The summed E-state index contributed by atoms with van der Waals surface area (Å²) < 4.78 is 18.3. The van der Waals surface area contributed by atoms with Gasteiger partial charge in [-0.2, -0.15) is 0 Å². The molecule has 3 heterocycles. The molecule has 10 nitrogen and oxygen atoms in total. The van der Waals surface area contributed by atoms with Crippen molar-refractivity contribution >= 4 is 5.96 Å². The van der Waals surface area contributed by atoms with Crippen molar-refractivity contribution in [1.29, 1.82) is 0 Å². The van der Waals surface area contributed by atoms with Gasteiger partial charge in [-0.05, 0) is 44.0 Å². The quantitative estimate of drug-likeness (QED) is 0.335. The molecule has 0 amide bonds. The first-order valence-electron chi connectivity index (χ1n) is 11.2. The number of aliphatic imine (C=N–C) groups is 1. The van der Waals surface area contributed by atoms with Crippen LogP contribution in [-0.4, -0.2) is 78.4 Å². The number of ether oxygens (including phenoxy) is 3. The molecule has 1 aromatic carbocycles. The summed E-state index contributed by atoms with van der Waals surface area (Å²) in [7, 11) is 1.96. The molecule has 0 aliphatic carbocycles. The Balaban J connectivity index is 1.28. The first-order chi connectivity index (χ1) is 15.7. The summed E-state index contributed by atoms with van der Waals surface area (Å²) in [6.07, 6.45) is 1.90. The minimum atomic E-state index is 0.295. The average molecular weight is 444 g/mol. The van der Waals surface area contributed by atoms with E-state index in [0.717, 1.165) is 87.9 Å². The Labute approximate surface area is 189 Å². The van der Waals surface area contributed by atoms with E-state index in [1.54, 1.807) is 0 Å². The van der Waals surface area contributed by atoms with Crippen LogP contribution in [0.25, 0.3) is 0 Å². The Bertz CT molecular complexity index is 909. The maximum Gasteiger partial charge on any atom is 0.231 e. The zero-order valence-corrected chi connectivity index (χ0v) is 19.0. The van der Waals surface area contributed by atoms with Crippen molar-refractivity contribution in [3.63, 3.8) is 0 Å². The molecule has 2 aliphatic rings. The van der Waals surface area contributed by atoms with Crippen LogP contribution in [0.3, 0.4) is 0 Å². The van der Waals surface area contributed by atoms with Crippen molar-refractivity contribution in [2.24, 2.45) is 12.0 Å². The molecule has 32 heavy (non-hydrogen) atoms. The number of nitrogens with one attached hydrogen (secondary N) is 2. The SMILES string of the molecule is Cc1nnc(CN=C(NCCCN2CCOCC2)NCCc2ccc3c(c2)OCO3)n1C. The molecule has 0 radical (unpaired) electrons. The molecule has 0 bridgehead atoms. The predicted octanol–water partition coefficient (Wildman–Crippen LogP) is 0.852. The first-order valence-corrected chi connectivity index (χ1v) is 11.2. The number of nitrogens with zero attached hydrogens (tertiary/aromatic N) is 5. The number of aromatic nitrogens is 3. The van der Waals surface area contributed by atoms with E-state index in [1.165, 1.54) is 5.56 Å². The lowest BCUT2D eigenvalue weighted by molar-refractivity contribution is 0.0376. The van der Waals surface area contributed by atoms with Crippen molar-refractivity contribution in [3.8, 4) is 11.5 Å². The Morgan fingerprint density at radius 1 is 1.09 bits per heavy atom. The second-order valence-corrected chi connectivity index (χ2v) is 7.99. The molecular formula is C22H33N7O3. The van der Waals surface area contributed by atoms with Gasteiger partial charge in [0.15, 0.2) is 23.3 Å². The Morgan fingerprint density at radius 3 is 2.72 bits per heavy atom. The largest absolute Gasteiger partial charge is 0.454 e. The van der Waals surface area contributed by atoms with Gasteiger partial charge in [0.2, 0.25) is 6.79 Å². The number of morpholine rings is 1. The van der Waals surface area contributed by atoms with Gasteiger partial charge in [-0.1, -0.05) is 6.07 Å². The highest BCUT2D eigenvalue weighted by molar-refractivity contribution is 5.79. The molecule has 174 valence electrons. The van der Waals surface area contributed by atoms with Crippen LogP contribution < -0.4 is 20.1 Å². The third-order valence-electron chi connectivity index (χ3n) is 5.75. The molecule has 4 rings (SSSR count). The minimum Gasteiger partial charge on any atom is -0.454 e. The minimum absolute atomic E-state index is 0.295. The number of benzene rings is 1. The smallest absolute Gasteiger partial charge is 0.231 e. The monoisotopic (exact) mass is 443 g/mol. The summed E-state index contributed by atoms with van der Waals surface area (Å²) in [5.74, 6) is 4.13. The Kier molecular flexibility index (Phi) is 7.78. The van der Waals surface area contributed by atoms with Gasteiger partial charge in [0.25, 0.3) is 0 Å². The lowest BCUT2D eigenvalue weighted by Gasteiger charge is -2.26. The zero-order chi connectivity index (χ0) is 22.2. The van der Waals surface area contributed by atoms with Gasteiger partial charge in [0.05, 0.1) is 13.2 Å². The number of fused-ring (bicyclic) bond motifs is 1. The van der Waals surface area contributed by atoms with E-state index < -0.39 is 0 Å². The normalized spacial score (nSPS) is 16.4. The standard InChI is InChI=1S/C22H33N7O3/c1-17-26-27-21(28(17)2)15-25-22(23-7-3-9-29-10-12-30-13-11-29)24-8-6-18-4-5-19-20(14-18)32-16-31-19/h4-5,14H,3,6-13,15-16H2,1-2H3,(H2,23,24,25). The van der Waals surface area contributed by atoms with Gasteiger partial charge in [0, 0.05) is 33.2 Å². The van der Waals surface area contributed by atoms with Gasteiger partial charge in [0.1, 0.15) is 12.4 Å². The van der Waals surface area contributed by atoms with Crippen LogP contribution in [0.2, 0.25) is 0 Å². The van der Waals surface area contributed by atoms with E-state index in [-0.39, 0.29) is 0 Å². The van der Waals surface area contributed by atoms with Gasteiger partial charge in [-0.15, -0.1) is 10.2 Å². The maximum absolute atomic E-state index is 5.48. The lowest BCUT2D eigenvalue weighted by atomic mass is 10.1. The summed E-state index contributed by atoms with van der Waals surface area (Å²) in [4.78, 5) is 7.18. The fraction of sp³-hybridized carbons (Fsp3) is 0.591. The third-order valence-corrected chi connectivity index (χ3v) is 5.75. The molecule has 2 aromatic rings. The van der Waals surface area contributed by atoms with E-state index in [2.05, 4.69) is 31.8 Å². The van der Waals surface area contributed by atoms with Crippen molar-refractivity contribution < 1.29 is 14.2 Å². The highest BCUT2D eigenvalue weighted by Crippen LogP contribution is 2.32. The number of rotatable bonds is 9. The van der Waals surface area contributed by atoms with Gasteiger partial charge in [-0.25, -0.2) is 4.99 Å². The summed E-state index contributed by atoms with van der Waals surface area (Å²) in [6, 6.07) is 6.08. The fourth-order valence-electron chi connectivity index (χ4n) is 3.67. The summed E-state index contributed by atoms with van der Waals surface area (Å²) in [6.45, 7) is 9.07. The molecular weight excluding hydrogens is 410 g/mol. The average Bonchev–Trinajstić information content (AvgIpc) is 3.41. The van der Waals surface area contributed by atoms with E-state index in [9.17, 15) is 0 Å². The van der Waals surface area contributed by atoms with Crippen LogP contribution in [0.4, 0.5) is 0 Å². The summed E-state index contributed by atoms with van der Waals surface area (Å²) in [5, 5.41) is 15.2. The fourth-order valence-corrected chi connectivity index (χ4v) is 3.67. The van der Waals surface area contributed by atoms with Crippen LogP contribution in [-0.2, 0) is 24.8 Å². The second kappa shape index (κ2) is 11.1. The number of hydrogen-bond donors (Lipinski definition) is 2. The number of hydrogen-bond acceptors (Lipinski definition) is 7. The molecule has 2 N–H and O–H groups in total. The first kappa shape index (κ1) is 22.3. The molecule has 0 atom stereocenters. The van der Waals surface area contributed by atoms with Crippen LogP contribution in [0.1, 0.15) is 23.6 Å². The molecule has 1 saturated heterocycles. The van der Waals surface area contributed by atoms with Crippen molar-refractivity contribution in [2.75, 3.05) is 52.7 Å². The summed E-state index contributed by atoms with van der Waals surface area (Å²) in [5.41, 5.74) is 1.19. The van der Waals surface area contributed by atoms with Crippen molar-refractivity contribution in [2.45, 2.75) is 26.3 Å². The summed E-state index contributed by atoms with van der Waals surface area (Å²) >= 11 is 0. The Morgan fingerprint density at radius 2 is 1.91 bits per heavy atom. The molecule has 1 fully saturated rings. The molecule has 0 saturated carbocycles. The molecule has 10 heteroatoms. The molecule has 0 spiro atoms. The van der Waals surface area contributed by atoms with E-state index >= 15 is 0 Å². The van der Waals surface area contributed by atoms with Crippen molar-refractivity contribution in [3.05, 3.63) is 35.4 Å². The number of guanidine groups is 1. The van der Waals surface area contributed by atoms with Crippen molar-refractivity contribution in [1.82, 2.24) is 30.3 Å². The zero-order valence-electron chi connectivity index (χ0n) is 19.0. The maximum atomic E-state index is 5.48. The highest BCUT2D eigenvalue weighted by Gasteiger charge is 2.13. The molecule has 0 unspecified atom stereocenters. The number of aryl methyl sites for hydroxylation is 1. The Hall–Kier alpha value is -2.85. The van der Waals surface area contributed by atoms with E-state index in [1.807, 2.05) is 30.7 Å². The predicted molar refractivity (Wildman–Crippen MR) is 121 cm³/mol. The lowest BCUT2D eigenvalue weighted by Crippen LogP contribution is -2.41. The van der Waals surface area contributed by atoms with Crippen LogP contribution in [0.5, 0.6) is 11.5 Å². The van der Waals surface area contributed by atoms with Gasteiger partial charge in [-0.3, -0.25) is 4.90 Å². The third kappa shape index (κ3) is 6.10. The van der Waals surface area contributed by atoms with Gasteiger partial charge >= 0.3 is 0 Å². The van der Waals surface area contributed by atoms with Gasteiger partial charge < -0.3 is 29.4 Å². The van der Waals surface area contributed by atoms with E-state index in [4.69, 9.17) is 19.2 Å². The van der Waals surface area contributed by atoms with E-state index in [0.29, 0.717) is 13.3 Å². The second-order valence-electron chi connectivity index (χ2n) is 7.99. The molecule has 2 aliphatic heterocycles. The van der Waals surface area contributed by atoms with Crippen LogP contribution in [0, 0.1) is 6.92 Å². The molecule has 1 aromatic heterocycles.